The Hall–Kier alpha value is -2.14. The minimum atomic E-state index is 0.138. The summed E-state index contributed by atoms with van der Waals surface area (Å²) in [5, 5.41) is 0. The van der Waals surface area contributed by atoms with E-state index in [1.54, 1.807) is 11.8 Å². The van der Waals surface area contributed by atoms with Gasteiger partial charge in [-0.25, -0.2) is 0 Å². The van der Waals surface area contributed by atoms with Crippen LogP contribution in [-0.4, -0.2) is 29.9 Å². The predicted molar refractivity (Wildman–Crippen MR) is 90.8 cm³/mol. The molecule has 0 aliphatic carbocycles. The van der Waals surface area contributed by atoms with E-state index in [4.69, 9.17) is 9.47 Å². The fourth-order valence-corrected chi connectivity index (χ4v) is 3.21. The Labute approximate surface area is 140 Å². The van der Waals surface area contributed by atoms with Crippen molar-refractivity contribution in [2.75, 3.05) is 19.1 Å². The number of thioether (sulfide) groups is 1. The average Bonchev–Trinajstić information content (AvgIpc) is 3.06. The zero-order valence-corrected chi connectivity index (χ0v) is 13.8. The third-order valence-electron chi connectivity index (χ3n) is 3.65. The molecule has 23 heavy (non-hydrogen) atoms. The lowest BCUT2D eigenvalue weighted by Crippen LogP contribution is -2.31. The van der Waals surface area contributed by atoms with Crippen molar-refractivity contribution in [3.63, 3.8) is 0 Å². The van der Waals surface area contributed by atoms with Crippen LogP contribution in [-0.2, 0) is 11.3 Å². The number of ether oxygens (including phenoxy) is 2. The Morgan fingerprint density at radius 3 is 2.70 bits per heavy atom. The van der Waals surface area contributed by atoms with E-state index >= 15 is 0 Å². The highest BCUT2D eigenvalue weighted by Gasteiger charge is 2.16. The second kappa shape index (κ2) is 7.42. The van der Waals surface area contributed by atoms with Crippen LogP contribution in [0.3, 0.4) is 0 Å². The first kappa shape index (κ1) is 15.7. The van der Waals surface area contributed by atoms with E-state index in [0.717, 1.165) is 22.0 Å². The van der Waals surface area contributed by atoms with Crippen molar-refractivity contribution < 1.29 is 14.3 Å². The van der Waals surface area contributed by atoms with E-state index in [1.165, 1.54) is 0 Å². The molecular weight excluding hydrogens is 310 g/mol. The van der Waals surface area contributed by atoms with Crippen LogP contribution >= 0.6 is 11.8 Å². The molecule has 2 aromatic rings. The quantitative estimate of drug-likeness (QED) is 0.760. The lowest BCUT2D eigenvalue weighted by atomic mass is 10.2. The first-order valence-electron chi connectivity index (χ1n) is 7.60. The Bertz CT molecular complexity index is 675. The molecule has 0 fully saturated rings. The van der Waals surface area contributed by atoms with Crippen LogP contribution in [0.5, 0.6) is 11.5 Å². The normalized spacial score (nSPS) is 12.2. The number of fused-ring (bicyclic) bond motifs is 1. The Morgan fingerprint density at radius 1 is 1.13 bits per heavy atom. The van der Waals surface area contributed by atoms with E-state index in [2.05, 4.69) is 0 Å². The van der Waals surface area contributed by atoms with Gasteiger partial charge in [-0.2, -0.15) is 0 Å². The highest BCUT2D eigenvalue weighted by Crippen LogP contribution is 2.32. The molecule has 1 amide bonds. The molecule has 0 unspecified atom stereocenters. The van der Waals surface area contributed by atoms with E-state index in [1.807, 2.05) is 60.4 Å². The minimum absolute atomic E-state index is 0.138. The number of hydrogen-bond donors (Lipinski definition) is 0. The van der Waals surface area contributed by atoms with Crippen molar-refractivity contribution >= 4 is 17.7 Å². The van der Waals surface area contributed by atoms with Crippen molar-refractivity contribution in [3.05, 3.63) is 54.1 Å². The van der Waals surface area contributed by atoms with Crippen LogP contribution in [0.2, 0.25) is 0 Å². The van der Waals surface area contributed by atoms with E-state index in [0.29, 0.717) is 18.8 Å². The lowest BCUT2D eigenvalue weighted by Gasteiger charge is -2.21. The Morgan fingerprint density at radius 2 is 1.91 bits per heavy atom. The molecule has 0 saturated carbocycles. The van der Waals surface area contributed by atoms with Crippen molar-refractivity contribution in [3.8, 4) is 11.5 Å². The molecule has 3 rings (SSSR count). The number of amides is 1. The van der Waals surface area contributed by atoms with E-state index in [9.17, 15) is 4.79 Å². The van der Waals surface area contributed by atoms with Gasteiger partial charge in [0.05, 0.1) is 5.75 Å². The first-order valence-corrected chi connectivity index (χ1v) is 8.59. The predicted octanol–water partition coefficient (Wildman–Crippen LogP) is 3.56. The van der Waals surface area contributed by atoms with Gasteiger partial charge < -0.3 is 14.4 Å². The number of nitrogens with zero attached hydrogens (tertiary/aromatic N) is 1. The molecule has 1 aliphatic heterocycles. The molecule has 4 nitrogen and oxygen atoms in total. The number of carbonyl (C=O) groups excluding carboxylic acids is 1. The van der Waals surface area contributed by atoms with Gasteiger partial charge in [-0.15, -0.1) is 11.8 Å². The molecule has 0 atom stereocenters. The monoisotopic (exact) mass is 329 g/mol. The molecule has 0 spiro atoms. The van der Waals surface area contributed by atoms with Crippen molar-refractivity contribution in [1.82, 2.24) is 4.90 Å². The molecule has 1 aliphatic rings. The Kier molecular flexibility index (Phi) is 5.08. The summed E-state index contributed by atoms with van der Waals surface area (Å²) < 4.78 is 10.7. The van der Waals surface area contributed by atoms with Gasteiger partial charge in [0.1, 0.15) is 0 Å². The number of rotatable bonds is 6. The highest BCUT2D eigenvalue weighted by molar-refractivity contribution is 8.00. The standard InChI is InChI=1S/C18H19NO3S/c1-2-19(18(20)12-23-15-6-4-3-5-7-15)11-14-8-9-16-17(10-14)22-13-21-16/h3-10H,2,11-13H2,1H3. The maximum Gasteiger partial charge on any atom is 0.233 e. The second-order valence-electron chi connectivity index (χ2n) is 5.20. The molecule has 0 bridgehead atoms. The topological polar surface area (TPSA) is 38.8 Å². The summed E-state index contributed by atoms with van der Waals surface area (Å²) in [6.07, 6.45) is 0. The summed E-state index contributed by atoms with van der Waals surface area (Å²) in [6.45, 7) is 3.53. The van der Waals surface area contributed by atoms with Gasteiger partial charge in [-0.1, -0.05) is 24.3 Å². The SMILES string of the molecule is CCN(Cc1ccc2c(c1)OCO2)C(=O)CSc1ccccc1. The van der Waals surface area contributed by atoms with Crippen LogP contribution in [0.15, 0.2) is 53.4 Å². The molecular formula is C18H19NO3S. The number of carbonyl (C=O) groups is 1. The molecule has 2 aromatic carbocycles. The summed E-state index contributed by atoms with van der Waals surface area (Å²) in [5.41, 5.74) is 1.05. The summed E-state index contributed by atoms with van der Waals surface area (Å²) in [5.74, 6) is 2.11. The third kappa shape index (κ3) is 3.99. The minimum Gasteiger partial charge on any atom is -0.454 e. The third-order valence-corrected chi connectivity index (χ3v) is 4.65. The molecule has 0 saturated heterocycles. The molecule has 0 radical (unpaired) electrons. The molecule has 1 heterocycles. The van der Waals surface area contributed by atoms with Crippen molar-refractivity contribution in [2.24, 2.45) is 0 Å². The number of benzene rings is 2. The summed E-state index contributed by atoms with van der Waals surface area (Å²) in [4.78, 5) is 15.4. The smallest absolute Gasteiger partial charge is 0.233 e. The Balaban J connectivity index is 1.59. The van der Waals surface area contributed by atoms with Crippen molar-refractivity contribution in [1.29, 1.82) is 0 Å². The van der Waals surface area contributed by atoms with Gasteiger partial charge >= 0.3 is 0 Å². The molecule has 0 aromatic heterocycles. The van der Waals surface area contributed by atoms with E-state index in [-0.39, 0.29) is 12.7 Å². The summed E-state index contributed by atoms with van der Waals surface area (Å²) in [6, 6.07) is 15.8. The molecule has 5 heteroatoms. The van der Waals surface area contributed by atoms with Crippen LogP contribution in [0.25, 0.3) is 0 Å². The largest absolute Gasteiger partial charge is 0.454 e. The van der Waals surface area contributed by atoms with Crippen LogP contribution in [0.1, 0.15) is 12.5 Å². The van der Waals surface area contributed by atoms with Gasteiger partial charge in [0.25, 0.3) is 0 Å². The number of hydrogen-bond acceptors (Lipinski definition) is 4. The zero-order chi connectivity index (χ0) is 16.1. The summed E-state index contributed by atoms with van der Waals surface area (Å²) in [7, 11) is 0. The fraction of sp³-hybridized carbons (Fsp3) is 0.278. The van der Waals surface area contributed by atoms with Gasteiger partial charge in [-0.05, 0) is 36.8 Å². The van der Waals surface area contributed by atoms with Crippen molar-refractivity contribution in [2.45, 2.75) is 18.4 Å². The average molecular weight is 329 g/mol. The maximum atomic E-state index is 12.4. The molecule has 0 N–H and O–H groups in total. The maximum absolute atomic E-state index is 12.4. The van der Waals surface area contributed by atoms with Crippen LogP contribution < -0.4 is 9.47 Å². The summed E-state index contributed by atoms with van der Waals surface area (Å²) >= 11 is 1.57. The van der Waals surface area contributed by atoms with Crippen LogP contribution in [0, 0.1) is 0 Å². The van der Waals surface area contributed by atoms with Gasteiger partial charge in [0, 0.05) is 18.0 Å². The van der Waals surface area contributed by atoms with Crippen LogP contribution in [0.4, 0.5) is 0 Å². The van der Waals surface area contributed by atoms with Gasteiger partial charge in [-0.3, -0.25) is 4.79 Å². The molecule has 120 valence electrons. The van der Waals surface area contributed by atoms with Gasteiger partial charge in [0.2, 0.25) is 12.7 Å². The first-order chi connectivity index (χ1) is 11.3. The second-order valence-corrected chi connectivity index (χ2v) is 6.25. The zero-order valence-electron chi connectivity index (χ0n) is 13.0. The van der Waals surface area contributed by atoms with Gasteiger partial charge in [0.15, 0.2) is 11.5 Å². The lowest BCUT2D eigenvalue weighted by molar-refractivity contribution is -0.128. The van der Waals surface area contributed by atoms with E-state index < -0.39 is 0 Å². The highest BCUT2D eigenvalue weighted by atomic mass is 32.2. The fourth-order valence-electron chi connectivity index (χ4n) is 2.39.